The van der Waals surface area contributed by atoms with E-state index in [1.54, 1.807) is 0 Å². The van der Waals surface area contributed by atoms with Crippen LogP contribution < -0.4 is 5.32 Å². The van der Waals surface area contributed by atoms with Crippen molar-refractivity contribution in [1.29, 1.82) is 5.26 Å². The second-order valence-electron chi connectivity index (χ2n) is 5.02. The number of rotatable bonds is 4. The van der Waals surface area contributed by atoms with E-state index >= 15 is 0 Å². The van der Waals surface area contributed by atoms with Crippen molar-refractivity contribution in [2.45, 2.75) is 31.2 Å². The SMILES string of the molecule is N#Cc1ccc(C2CC2CNC2CC2)cc1. The lowest BCUT2D eigenvalue weighted by molar-refractivity contribution is 0.624. The molecule has 16 heavy (non-hydrogen) atoms. The van der Waals surface area contributed by atoms with E-state index in [2.05, 4.69) is 23.5 Å². The molecule has 0 spiro atoms. The number of nitrogens with one attached hydrogen (secondary N) is 1. The molecule has 1 aromatic carbocycles. The van der Waals surface area contributed by atoms with Crippen LogP contribution in [0.1, 0.15) is 36.3 Å². The van der Waals surface area contributed by atoms with Crippen LogP contribution in [0.15, 0.2) is 24.3 Å². The molecule has 0 amide bonds. The Hall–Kier alpha value is -1.33. The Kier molecular flexibility index (Phi) is 2.41. The third-order valence-electron chi connectivity index (χ3n) is 3.64. The Morgan fingerprint density at radius 2 is 2.00 bits per heavy atom. The van der Waals surface area contributed by atoms with Crippen LogP contribution in [-0.4, -0.2) is 12.6 Å². The van der Waals surface area contributed by atoms with Crippen LogP contribution in [0.2, 0.25) is 0 Å². The normalized spacial score (nSPS) is 27.4. The van der Waals surface area contributed by atoms with Gasteiger partial charge in [0.1, 0.15) is 0 Å². The molecule has 1 aromatic rings. The van der Waals surface area contributed by atoms with Crippen molar-refractivity contribution in [1.82, 2.24) is 5.32 Å². The highest BCUT2D eigenvalue weighted by atomic mass is 15.0. The fourth-order valence-corrected chi connectivity index (χ4v) is 2.29. The summed E-state index contributed by atoms with van der Waals surface area (Å²) in [5.41, 5.74) is 2.17. The molecule has 0 saturated heterocycles. The Balaban J connectivity index is 1.55. The van der Waals surface area contributed by atoms with E-state index in [1.165, 1.54) is 31.4 Å². The summed E-state index contributed by atoms with van der Waals surface area (Å²) in [5, 5.41) is 12.3. The zero-order valence-electron chi connectivity index (χ0n) is 9.32. The Morgan fingerprint density at radius 1 is 1.25 bits per heavy atom. The topological polar surface area (TPSA) is 35.8 Å². The second kappa shape index (κ2) is 3.92. The zero-order valence-corrected chi connectivity index (χ0v) is 9.32. The van der Waals surface area contributed by atoms with E-state index in [0.717, 1.165) is 23.4 Å². The molecule has 2 unspecified atom stereocenters. The van der Waals surface area contributed by atoms with Crippen LogP contribution in [-0.2, 0) is 0 Å². The fraction of sp³-hybridized carbons (Fsp3) is 0.500. The van der Waals surface area contributed by atoms with E-state index in [4.69, 9.17) is 5.26 Å². The Bertz CT molecular complexity index is 411. The molecule has 0 aliphatic heterocycles. The molecule has 2 aliphatic rings. The predicted molar refractivity (Wildman–Crippen MR) is 63.0 cm³/mol. The molecule has 0 radical (unpaired) electrons. The summed E-state index contributed by atoms with van der Waals surface area (Å²) < 4.78 is 0. The molecule has 1 N–H and O–H groups in total. The first kappa shape index (κ1) is 9.86. The third-order valence-corrected chi connectivity index (χ3v) is 3.64. The largest absolute Gasteiger partial charge is 0.314 e. The molecular weight excluding hydrogens is 196 g/mol. The molecular formula is C14H16N2. The van der Waals surface area contributed by atoms with Crippen LogP contribution in [0, 0.1) is 17.2 Å². The molecule has 2 saturated carbocycles. The first-order valence-corrected chi connectivity index (χ1v) is 6.10. The van der Waals surface area contributed by atoms with Crippen LogP contribution in [0.25, 0.3) is 0 Å². The van der Waals surface area contributed by atoms with E-state index in [-0.39, 0.29) is 0 Å². The molecule has 2 heteroatoms. The van der Waals surface area contributed by atoms with Gasteiger partial charge in [0, 0.05) is 6.04 Å². The number of benzene rings is 1. The van der Waals surface area contributed by atoms with Crippen molar-refractivity contribution in [2.24, 2.45) is 5.92 Å². The van der Waals surface area contributed by atoms with Gasteiger partial charge in [-0.05, 0) is 55.3 Å². The van der Waals surface area contributed by atoms with Gasteiger partial charge in [0.15, 0.2) is 0 Å². The second-order valence-corrected chi connectivity index (χ2v) is 5.02. The van der Waals surface area contributed by atoms with Gasteiger partial charge in [-0.2, -0.15) is 5.26 Å². The van der Waals surface area contributed by atoms with E-state index in [0.29, 0.717) is 0 Å². The predicted octanol–water partition coefficient (Wildman–Crippen LogP) is 2.41. The quantitative estimate of drug-likeness (QED) is 0.832. The first-order valence-electron chi connectivity index (χ1n) is 6.10. The number of nitrogens with zero attached hydrogens (tertiary/aromatic N) is 1. The fourth-order valence-electron chi connectivity index (χ4n) is 2.29. The Morgan fingerprint density at radius 3 is 2.62 bits per heavy atom. The molecule has 0 heterocycles. The van der Waals surface area contributed by atoms with Gasteiger partial charge in [0.05, 0.1) is 11.6 Å². The number of hydrogen-bond acceptors (Lipinski definition) is 2. The summed E-state index contributed by atoms with van der Waals surface area (Å²) in [4.78, 5) is 0. The van der Waals surface area contributed by atoms with Gasteiger partial charge < -0.3 is 5.32 Å². The molecule has 2 fully saturated rings. The molecule has 0 aromatic heterocycles. The lowest BCUT2D eigenvalue weighted by Crippen LogP contribution is -2.19. The lowest BCUT2D eigenvalue weighted by Gasteiger charge is -2.02. The minimum Gasteiger partial charge on any atom is -0.314 e. The summed E-state index contributed by atoms with van der Waals surface area (Å²) in [6.45, 7) is 1.18. The zero-order chi connectivity index (χ0) is 11.0. The molecule has 82 valence electrons. The Labute approximate surface area is 96.3 Å². The number of hydrogen-bond donors (Lipinski definition) is 1. The summed E-state index contributed by atoms with van der Waals surface area (Å²) in [7, 11) is 0. The summed E-state index contributed by atoms with van der Waals surface area (Å²) in [6, 6.07) is 11.1. The molecule has 2 nitrogen and oxygen atoms in total. The summed E-state index contributed by atoms with van der Waals surface area (Å²) >= 11 is 0. The monoisotopic (exact) mass is 212 g/mol. The third kappa shape index (κ3) is 2.10. The van der Waals surface area contributed by atoms with Gasteiger partial charge in [0.25, 0.3) is 0 Å². The van der Waals surface area contributed by atoms with Crippen molar-refractivity contribution in [3.05, 3.63) is 35.4 Å². The minimum atomic E-state index is 0.735. The maximum Gasteiger partial charge on any atom is 0.0991 e. The highest BCUT2D eigenvalue weighted by molar-refractivity contribution is 5.35. The minimum absolute atomic E-state index is 0.735. The molecule has 3 rings (SSSR count). The maximum atomic E-state index is 8.73. The van der Waals surface area contributed by atoms with Crippen molar-refractivity contribution in [3.63, 3.8) is 0 Å². The van der Waals surface area contributed by atoms with Crippen molar-refractivity contribution in [2.75, 3.05) is 6.54 Å². The van der Waals surface area contributed by atoms with Crippen molar-refractivity contribution in [3.8, 4) is 6.07 Å². The van der Waals surface area contributed by atoms with E-state index in [1.807, 2.05) is 12.1 Å². The first-order chi connectivity index (χ1) is 7.86. The van der Waals surface area contributed by atoms with Crippen LogP contribution in [0.5, 0.6) is 0 Å². The standard InChI is InChI=1S/C14H16N2/c15-8-10-1-3-11(4-2-10)14-7-12(14)9-16-13-5-6-13/h1-4,12-14,16H,5-7,9H2. The van der Waals surface area contributed by atoms with Gasteiger partial charge in [-0.25, -0.2) is 0 Å². The summed E-state index contributed by atoms with van der Waals surface area (Å²) in [6.07, 6.45) is 4.05. The van der Waals surface area contributed by atoms with Gasteiger partial charge in [0.2, 0.25) is 0 Å². The van der Waals surface area contributed by atoms with Gasteiger partial charge in [-0.3, -0.25) is 0 Å². The van der Waals surface area contributed by atoms with Crippen LogP contribution in [0.4, 0.5) is 0 Å². The van der Waals surface area contributed by atoms with Gasteiger partial charge in [-0.1, -0.05) is 12.1 Å². The average molecular weight is 212 g/mol. The smallest absolute Gasteiger partial charge is 0.0991 e. The molecule has 2 aliphatic carbocycles. The average Bonchev–Trinajstić information content (AvgIpc) is 3.20. The van der Waals surface area contributed by atoms with Gasteiger partial charge in [-0.15, -0.1) is 0 Å². The van der Waals surface area contributed by atoms with Gasteiger partial charge >= 0.3 is 0 Å². The van der Waals surface area contributed by atoms with Crippen LogP contribution in [0.3, 0.4) is 0 Å². The van der Waals surface area contributed by atoms with Crippen LogP contribution >= 0.6 is 0 Å². The highest BCUT2D eigenvalue weighted by Crippen LogP contribution is 2.47. The highest BCUT2D eigenvalue weighted by Gasteiger charge is 2.38. The maximum absolute atomic E-state index is 8.73. The van der Waals surface area contributed by atoms with E-state index in [9.17, 15) is 0 Å². The summed E-state index contributed by atoms with van der Waals surface area (Å²) in [5.74, 6) is 1.56. The molecule has 0 bridgehead atoms. The van der Waals surface area contributed by atoms with E-state index < -0.39 is 0 Å². The lowest BCUT2D eigenvalue weighted by atomic mass is 10.1. The van der Waals surface area contributed by atoms with Crippen molar-refractivity contribution >= 4 is 0 Å². The molecule has 2 atom stereocenters. The van der Waals surface area contributed by atoms with Crippen molar-refractivity contribution < 1.29 is 0 Å². The number of nitriles is 1.